The third kappa shape index (κ3) is 3.66. The Hall–Kier alpha value is -0.660. The summed E-state index contributed by atoms with van der Waals surface area (Å²) in [6.07, 6.45) is 2.81. The molecule has 6 nitrogen and oxygen atoms in total. The van der Waals surface area contributed by atoms with E-state index in [1.165, 1.54) is 4.31 Å². The molecule has 0 atom stereocenters. The van der Waals surface area contributed by atoms with E-state index in [-0.39, 0.29) is 18.2 Å². The Bertz CT molecular complexity index is 390. The summed E-state index contributed by atoms with van der Waals surface area (Å²) in [4.78, 5) is 11.2. The highest BCUT2D eigenvalue weighted by molar-refractivity contribution is 7.89. The van der Waals surface area contributed by atoms with Crippen LogP contribution in [-0.4, -0.2) is 57.1 Å². The maximum atomic E-state index is 12.1. The van der Waals surface area contributed by atoms with Crippen molar-refractivity contribution < 1.29 is 13.2 Å². The average Bonchev–Trinajstić information content (AvgIpc) is 2.38. The lowest BCUT2D eigenvalue weighted by atomic mass is 9.96. The molecule has 2 saturated heterocycles. The number of nitrogens with zero attached hydrogens (tertiary/aromatic N) is 1. The van der Waals surface area contributed by atoms with Gasteiger partial charge in [0.05, 0.1) is 12.3 Å². The van der Waals surface area contributed by atoms with Crippen molar-refractivity contribution in [1.29, 1.82) is 0 Å². The summed E-state index contributed by atoms with van der Waals surface area (Å²) in [7, 11) is -3.26. The topological polar surface area (TPSA) is 78.5 Å². The van der Waals surface area contributed by atoms with Gasteiger partial charge in [0.1, 0.15) is 0 Å². The SMILES string of the molecule is O=C1CN(S(=O)(=O)CCC2CCNCC2)CCN1. The molecule has 0 unspecified atom stereocenters. The number of carbonyl (C=O) groups excluding carboxylic acids is 1. The third-order valence-corrected chi connectivity index (χ3v) is 5.49. The monoisotopic (exact) mass is 275 g/mol. The van der Waals surface area contributed by atoms with Crippen molar-refractivity contribution in [1.82, 2.24) is 14.9 Å². The van der Waals surface area contributed by atoms with Gasteiger partial charge in [-0.25, -0.2) is 8.42 Å². The highest BCUT2D eigenvalue weighted by Gasteiger charge is 2.28. The first kappa shape index (κ1) is 13.8. The van der Waals surface area contributed by atoms with Gasteiger partial charge < -0.3 is 10.6 Å². The molecule has 2 rings (SSSR count). The molecule has 7 heteroatoms. The van der Waals surface area contributed by atoms with Gasteiger partial charge in [-0.3, -0.25) is 4.79 Å². The van der Waals surface area contributed by atoms with E-state index in [0.717, 1.165) is 25.9 Å². The number of sulfonamides is 1. The predicted molar refractivity (Wildman–Crippen MR) is 68.6 cm³/mol. The molecule has 2 aliphatic rings. The fourth-order valence-electron chi connectivity index (χ4n) is 2.47. The van der Waals surface area contributed by atoms with Crippen molar-refractivity contribution in [3.05, 3.63) is 0 Å². The molecule has 0 spiro atoms. The van der Waals surface area contributed by atoms with Gasteiger partial charge in [-0.2, -0.15) is 4.31 Å². The van der Waals surface area contributed by atoms with E-state index in [4.69, 9.17) is 0 Å². The molecule has 0 radical (unpaired) electrons. The smallest absolute Gasteiger partial charge is 0.235 e. The molecule has 0 aliphatic carbocycles. The zero-order chi connectivity index (χ0) is 13.0. The van der Waals surface area contributed by atoms with E-state index in [0.29, 0.717) is 25.4 Å². The van der Waals surface area contributed by atoms with Gasteiger partial charge in [-0.15, -0.1) is 0 Å². The number of rotatable bonds is 4. The molecule has 2 aliphatic heterocycles. The second-order valence-corrected chi connectivity index (χ2v) is 7.07. The first-order valence-electron chi connectivity index (χ1n) is 6.53. The Morgan fingerprint density at radius 1 is 1.22 bits per heavy atom. The molecule has 0 saturated carbocycles. The number of nitrogens with one attached hydrogen (secondary N) is 2. The zero-order valence-electron chi connectivity index (χ0n) is 10.5. The van der Waals surface area contributed by atoms with Gasteiger partial charge in [0.15, 0.2) is 0 Å². The van der Waals surface area contributed by atoms with E-state index in [2.05, 4.69) is 10.6 Å². The maximum absolute atomic E-state index is 12.1. The summed E-state index contributed by atoms with van der Waals surface area (Å²) in [6, 6.07) is 0. The van der Waals surface area contributed by atoms with Crippen LogP contribution >= 0.6 is 0 Å². The molecular weight excluding hydrogens is 254 g/mol. The highest BCUT2D eigenvalue weighted by Crippen LogP contribution is 2.18. The number of piperazine rings is 1. The minimum absolute atomic E-state index is 0.0193. The van der Waals surface area contributed by atoms with Gasteiger partial charge in [-0.05, 0) is 38.3 Å². The van der Waals surface area contributed by atoms with Crippen LogP contribution in [0, 0.1) is 5.92 Å². The van der Waals surface area contributed by atoms with Crippen LogP contribution in [0.2, 0.25) is 0 Å². The number of hydrogen-bond donors (Lipinski definition) is 2. The van der Waals surface area contributed by atoms with Gasteiger partial charge >= 0.3 is 0 Å². The van der Waals surface area contributed by atoms with E-state index >= 15 is 0 Å². The minimum Gasteiger partial charge on any atom is -0.354 e. The van der Waals surface area contributed by atoms with Gasteiger partial charge in [0.2, 0.25) is 15.9 Å². The molecule has 0 aromatic rings. The van der Waals surface area contributed by atoms with Gasteiger partial charge in [0.25, 0.3) is 0 Å². The van der Waals surface area contributed by atoms with E-state index < -0.39 is 10.0 Å². The number of amides is 1. The molecule has 1 amide bonds. The molecule has 18 heavy (non-hydrogen) atoms. The summed E-state index contributed by atoms with van der Waals surface area (Å²) in [5, 5.41) is 5.90. The van der Waals surface area contributed by atoms with E-state index in [1.807, 2.05) is 0 Å². The third-order valence-electron chi connectivity index (χ3n) is 3.64. The van der Waals surface area contributed by atoms with E-state index in [1.54, 1.807) is 0 Å². The van der Waals surface area contributed by atoms with Crippen LogP contribution in [-0.2, 0) is 14.8 Å². The van der Waals surface area contributed by atoms with Crippen LogP contribution < -0.4 is 10.6 Å². The first-order chi connectivity index (χ1) is 8.58. The molecule has 0 aromatic heterocycles. The second kappa shape index (κ2) is 5.99. The lowest BCUT2D eigenvalue weighted by molar-refractivity contribution is -0.122. The molecule has 0 bridgehead atoms. The summed E-state index contributed by atoms with van der Waals surface area (Å²) < 4.78 is 25.5. The Labute approximate surface area is 108 Å². The molecule has 2 fully saturated rings. The van der Waals surface area contributed by atoms with Crippen molar-refractivity contribution in [2.75, 3.05) is 38.5 Å². The molecule has 2 N–H and O–H groups in total. The standard InChI is InChI=1S/C11H21N3O3S/c15-11-9-14(7-6-13-11)18(16,17)8-3-10-1-4-12-5-2-10/h10,12H,1-9H2,(H,13,15). The summed E-state index contributed by atoms with van der Waals surface area (Å²) in [5.41, 5.74) is 0. The number of piperidine rings is 1. The Balaban J connectivity index is 1.84. The van der Waals surface area contributed by atoms with Crippen LogP contribution in [0.25, 0.3) is 0 Å². The van der Waals surface area contributed by atoms with Crippen molar-refractivity contribution >= 4 is 15.9 Å². The average molecular weight is 275 g/mol. The van der Waals surface area contributed by atoms with Crippen molar-refractivity contribution in [2.24, 2.45) is 5.92 Å². The predicted octanol–water partition coefficient (Wildman–Crippen LogP) is -0.862. The van der Waals surface area contributed by atoms with Crippen molar-refractivity contribution in [3.63, 3.8) is 0 Å². The van der Waals surface area contributed by atoms with Gasteiger partial charge in [0, 0.05) is 13.1 Å². The summed E-state index contributed by atoms with van der Waals surface area (Å²) in [6.45, 7) is 2.77. The lowest BCUT2D eigenvalue weighted by Crippen LogP contribution is -2.50. The highest BCUT2D eigenvalue weighted by atomic mass is 32.2. The molecule has 2 heterocycles. The van der Waals surface area contributed by atoms with Crippen molar-refractivity contribution in [2.45, 2.75) is 19.3 Å². The van der Waals surface area contributed by atoms with Crippen LogP contribution in [0.1, 0.15) is 19.3 Å². The summed E-state index contributed by atoms with van der Waals surface area (Å²) >= 11 is 0. The summed E-state index contributed by atoms with van der Waals surface area (Å²) in [5.74, 6) is 0.469. The fraction of sp³-hybridized carbons (Fsp3) is 0.909. The Morgan fingerprint density at radius 3 is 2.61 bits per heavy atom. The molecule has 104 valence electrons. The molecular formula is C11H21N3O3S. The lowest BCUT2D eigenvalue weighted by Gasteiger charge is -2.27. The first-order valence-corrected chi connectivity index (χ1v) is 8.14. The number of carbonyl (C=O) groups is 1. The minimum atomic E-state index is -3.26. The quantitative estimate of drug-likeness (QED) is 0.700. The van der Waals surface area contributed by atoms with Crippen LogP contribution in [0.15, 0.2) is 0 Å². The largest absolute Gasteiger partial charge is 0.354 e. The van der Waals surface area contributed by atoms with Crippen LogP contribution in [0.5, 0.6) is 0 Å². The fourth-order valence-corrected chi connectivity index (χ4v) is 4.04. The maximum Gasteiger partial charge on any atom is 0.235 e. The van der Waals surface area contributed by atoms with Crippen LogP contribution in [0.4, 0.5) is 0 Å². The number of hydrogen-bond acceptors (Lipinski definition) is 4. The zero-order valence-corrected chi connectivity index (χ0v) is 11.3. The Morgan fingerprint density at radius 2 is 1.94 bits per heavy atom. The second-order valence-electron chi connectivity index (χ2n) is 4.98. The Kier molecular flexibility index (Phi) is 4.58. The van der Waals surface area contributed by atoms with Crippen LogP contribution in [0.3, 0.4) is 0 Å². The molecule has 0 aromatic carbocycles. The van der Waals surface area contributed by atoms with E-state index in [9.17, 15) is 13.2 Å². The normalized spacial score (nSPS) is 23.9. The van der Waals surface area contributed by atoms with Gasteiger partial charge in [-0.1, -0.05) is 0 Å². The van der Waals surface area contributed by atoms with Crippen molar-refractivity contribution in [3.8, 4) is 0 Å².